The molecule has 1 aliphatic rings. The van der Waals surface area contributed by atoms with Crippen LogP contribution in [-0.2, 0) is 27.3 Å². The molecule has 9 nitrogen and oxygen atoms in total. The molecule has 0 bridgehead atoms. The number of ether oxygens (including phenoxy) is 1. The van der Waals surface area contributed by atoms with Crippen molar-refractivity contribution >= 4 is 34.5 Å². The third-order valence-corrected chi connectivity index (χ3v) is 6.98. The van der Waals surface area contributed by atoms with Gasteiger partial charge in [-0.1, -0.05) is 42.5 Å². The third-order valence-electron chi connectivity index (χ3n) is 6.98. The third kappa shape index (κ3) is 5.97. The lowest BCUT2D eigenvalue weighted by atomic mass is 10.0. The van der Waals surface area contributed by atoms with Crippen LogP contribution >= 0.6 is 0 Å². The van der Waals surface area contributed by atoms with Crippen LogP contribution in [-0.4, -0.2) is 48.1 Å². The van der Waals surface area contributed by atoms with Crippen molar-refractivity contribution in [3.8, 4) is 11.1 Å². The van der Waals surface area contributed by atoms with Gasteiger partial charge in [0.2, 0.25) is 11.8 Å². The number of carbonyl (C=O) groups excluding carboxylic acids is 3. The quantitative estimate of drug-likeness (QED) is 0.243. The Morgan fingerprint density at radius 2 is 1.93 bits per heavy atom. The van der Waals surface area contributed by atoms with E-state index in [1.54, 1.807) is 12.1 Å². The first-order valence-electron chi connectivity index (χ1n) is 13.0. The number of halogens is 1. The largest absolute Gasteiger partial charge is 0.442 e. The van der Waals surface area contributed by atoms with E-state index in [2.05, 4.69) is 15.6 Å². The molecular weight excluding hydrogens is 513 g/mol. The summed E-state index contributed by atoms with van der Waals surface area (Å²) < 4.78 is 20.4. The molecule has 3 aromatic carbocycles. The summed E-state index contributed by atoms with van der Waals surface area (Å²) in [5.74, 6) is -1.13. The standard InChI is InChI=1S/C30H30FN5O4/c1-18(37)33-16-23-17-36(30(39)40-23)22-10-11-24(26(31)13-22)20-8-6-19(7-9-20)14-34-28(29(32)38)12-21-15-35-27-5-3-2-4-25(21)27/h2-11,13,15,23,28,34-35H,12,14,16-17H2,1H3,(H2,32,38)(H,33,37). The zero-order valence-corrected chi connectivity index (χ0v) is 21.9. The Morgan fingerprint density at radius 3 is 2.65 bits per heavy atom. The first-order valence-corrected chi connectivity index (χ1v) is 13.0. The minimum absolute atomic E-state index is 0.197. The van der Waals surface area contributed by atoms with Crippen LogP contribution in [0.1, 0.15) is 18.1 Å². The lowest BCUT2D eigenvalue weighted by Crippen LogP contribution is -2.42. The number of primary amides is 1. The fourth-order valence-corrected chi connectivity index (χ4v) is 4.84. The van der Waals surface area contributed by atoms with Crippen molar-refractivity contribution in [3.63, 3.8) is 0 Å². The van der Waals surface area contributed by atoms with Crippen LogP contribution in [0.5, 0.6) is 0 Å². The predicted molar refractivity (Wildman–Crippen MR) is 150 cm³/mol. The van der Waals surface area contributed by atoms with Gasteiger partial charge >= 0.3 is 6.09 Å². The molecule has 3 amide bonds. The van der Waals surface area contributed by atoms with Crippen LogP contribution in [0.25, 0.3) is 22.0 Å². The molecule has 5 rings (SSSR count). The van der Waals surface area contributed by atoms with Gasteiger partial charge in [0.1, 0.15) is 11.9 Å². The molecular formula is C30H30FN5O4. The molecule has 10 heteroatoms. The van der Waals surface area contributed by atoms with E-state index in [0.717, 1.165) is 22.0 Å². The first kappa shape index (κ1) is 26.9. The van der Waals surface area contributed by atoms with Gasteiger partial charge in [-0.15, -0.1) is 0 Å². The second-order valence-corrected chi connectivity index (χ2v) is 9.81. The highest BCUT2D eigenvalue weighted by atomic mass is 19.1. The highest BCUT2D eigenvalue weighted by molar-refractivity contribution is 5.90. The second-order valence-electron chi connectivity index (χ2n) is 9.81. The lowest BCUT2D eigenvalue weighted by Gasteiger charge is -2.16. The molecule has 2 heterocycles. The zero-order chi connectivity index (χ0) is 28.2. The fraction of sp³-hybridized carbons (Fsp3) is 0.233. The van der Waals surface area contributed by atoms with Gasteiger partial charge in [-0.3, -0.25) is 14.5 Å². The molecule has 2 atom stereocenters. The first-order chi connectivity index (χ1) is 19.3. The molecule has 1 aliphatic heterocycles. The van der Waals surface area contributed by atoms with Crippen molar-refractivity contribution in [1.29, 1.82) is 0 Å². The van der Waals surface area contributed by atoms with Gasteiger partial charge in [-0.2, -0.15) is 0 Å². The van der Waals surface area contributed by atoms with E-state index in [1.807, 2.05) is 54.7 Å². The summed E-state index contributed by atoms with van der Waals surface area (Å²) in [7, 11) is 0. The number of para-hydroxylation sites is 1. The van der Waals surface area contributed by atoms with Crippen LogP contribution in [0.4, 0.5) is 14.9 Å². The van der Waals surface area contributed by atoms with Crippen molar-refractivity contribution < 1.29 is 23.5 Å². The van der Waals surface area contributed by atoms with Gasteiger partial charge in [-0.25, -0.2) is 9.18 Å². The number of aromatic nitrogens is 1. The molecule has 40 heavy (non-hydrogen) atoms. The number of nitrogens with zero attached hydrogens (tertiary/aromatic N) is 1. The van der Waals surface area contributed by atoms with E-state index in [9.17, 15) is 14.4 Å². The summed E-state index contributed by atoms with van der Waals surface area (Å²) in [5, 5.41) is 6.91. The van der Waals surface area contributed by atoms with Crippen molar-refractivity contribution in [2.45, 2.75) is 32.0 Å². The number of anilines is 1. The highest BCUT2D eigenvalue weighted by Crippen LogP contribution is 2.29. The molecule has 0 spiro atoms. The molecule has 4 aromatic rings. The maximum Gasteiger partial charge on any atom is 0.414 e. The molecule has 0 aliphatic carbocycles. The Balaban J connectivity index is 1.22. The lowest BCUT2D eigenvalue weighted by molar-refractivity contribution is -0.120. The average Bonchev–Trinajstić information content (AvgIpc) is 3.53. The monoisotopic (exact) mass is 543 g/mol. The molecule has 206 valence electrons. The van der Waals surface area contributed by atoms with Gasteiger partial charge < -0.3 is 26.1 Å². The smallest absolute Gasteiger partial charge is 0.414 e. The maximum absolute atomic E-state index is 15.1. The van der Waals surface area contributed by atoms with E-state index in [4.69, 9.17) is 10.5 Å². The number of hydrogen-bond acceptors (Lipinski definition) is 5. The minimum atomic E-state index is -0.585. The number of carbonyl (C=O) groups is 3. The number of fused-ring (bicyclic) bond motifs is 1. The average molecular weight is 544 g/mol. The predicted octanol–water partition coefficient (Wildman–Crippen LogP) is 3.62. The van der Waals surface area contributed by atoms with Crippen LogP contribution in [0, 0.1) is 5.82 Å². The van der Waals surface area contributed by atoms with Gasteiger partial charge in [0, 0.05) is 36.1 Å². The van der Waals surface area contributed by atoms with Crippen LogP contribution < -0.4 is 21.3 Å². The molecule has 2 unspecified atom stereocenters. The van der Waals surface area contributed by atoms with Crippen molar-refractivity contribution in [1.82, 2.24) is 15.6 Å². The number of amides is 3. The van der Waals surface area contributed by atoms with E-state index in [1.165, 1.54) is 17.9 Å². The highest BCUT2D eigenvalue weighted by Gasteiger charge is 2.32. The molecule has 0 saturated carbocycles. The summed E-state index contributed by atoms with van der Waals surface area (Å²) in [6.07, 6.45) is 1.26. The molecule has 1 fully saturated rings. The van der Waals surface area contributed by atoms with E-state index < -0.39 is 30.0 Å². The molecule has 1 aromatic heterocycles. The number of nitrogens with two attached hydrogens (primary N) is 1. The summed E-state index contributed by atoms with van der Waals surface area (Å²) in [6, 6.07) is 19.3. The number of aromatic amines is 1. The summed E-state index contributed by atoms with van der Waals surface area (Å²) >= 11 is 0. The van der Waals surface area contributed by atoms with Crippen LogP contribution in [0.3, 0.4) is 0 Å². The normalized spacial score (nSPS) is 15.7. The number of cyclic esters (lactones) is 1. The maximum atomic E-state index is 15.1. The van der Waals surface area contributed by atoms with E-state index in [-0.39, 0.29) is 19.0 Å². The van der Waals surface area contributed by atoms with Gasteiger partial charge in [0.25, 0.3) is 0 Å². The Bertz CT molecular complexity index is 1550. The van der Waals surface area contributed by atoms with Gasteiger partial charge in [0.15, 0.2) is 0 Å². The van der Waals surface area contributed by atoms with Gasteiger partial charge in [0.05, 0.1) is 24.8 Å². The molecule has 1 saturated heterocycles. The fourth-order valence-electron chi connectivity index (χ4n) is 4.84. The summed E-state index contributed by atoms with van der Waals surface area (Å²) in [6.45, 7) is 2.21. The SMILES string of the molecule is CC(=O)NCC1CN(c2ccc(-c3ccc(CNC(Cc4c[nH]c5ccccc45)C(N)=O)cc3)c(F)c2)C(=O)O1. The zero-order valence-electron chi connectivity index (χ0n) is 21.9. The van der Waals surface area contributed by atoms with Crippen LogP contribution in [0.2, 0.25) is 0 Å². The Morgan fingerprint density at radius 1 is 1.15 bits per heavy atom. The number of nitrogens with one attached hydrogen (secondary N) is 3. The molecule has 0 radical (unpaired) electrons. The van der Waals surface area contributed by atoms with E-state index >= 15 is 4.39 Å². The van der Waals surface area contributed by atoms with Crippen molar-refractivity contribution in [3.05, 3.63) is 89.9 Å². The minimum Gasteiger partial charge on any atom is -0.442 e. The number of benzene rings is 3. The number of hydrogen-bond donors (Lipinski definition) is 4. The second kappa shape index (κ2) is 11.6. The topological polar surface area (TPSA) is 130 Å². The Labute approximate surface area is 230 Å². The summed E-state index contributed by atoms with van der Waals surface area (Å²) in [5.41, 5.74) is 10.0. The Hall–Kier alpha value is -4.70. The van der Waals surface area contributed by atoms with Crippen LogP contribution in [0.15, 0.2) is 72.9 Å². The molecule has 5 N–H and O–H groups in total. The number of H-pyrrole nitrogens is 1. The van der Waals surface area contributed by atoms with Crippen molar-refractivity contribution in [2.24, 2.45) is 5.73 Å². The Kier molecular flexibility index (Phi) is 7.79. The van der Waals surface area contributed by atoms with Crippen molar-refractivity contribution in [2.75, 3.05) is 18.0 Å². The number of rotatable bonds is 10. The summed E-state index contributed by atoms with van der Waals surface area (Å²) in [4.78, 5) is 40.1. The van der Waals surface area contributed by atoms with Gasteiger partial charge in [-0.05, 0) is 47.4 Å². The van der Waals surface area contributed by atoms with E-state index in [0.29, 0.717) is 29.8 Å².